The Hall–Kier alpha value is -2.17. The van der Waals surface area contributed by atoms with Gasteiger partial charge in [0.25, 0.3) is 0 Å². The number of nitrogens with zero attached hydrogens (tertiary/aromatic N) is 2. The van der Waals surface area contributed by atoms with E-state index in [9.17, 15) is 4.79 Å². The number of benzene rings is 2. The van der Waals surface area contributed by atoms with E-state index in [-0.39, 0.29) is 5.78 Å². The largest absolute Gasteiger partial charge is 0.369 e. The first-order chi connectivity index (χ1) is 14.7. The third-order valence-electron chi connectivity index (χ3n) is 6.97. The summed E-state index contributed by atoms with van der Waals surface area (Å²) in [7, 11) is 2.16. The number of carbonyl (C=O) groups is 1. The summed E-state index contributed by atoms with van der Waals surface area (Å²) in [5.41, 5.74) is 4.51. The molecule has 0 spiro atoms. The van der Waals surface area contributed by atoms with Crippen LogP contribution in [0.1, 0.15) is 46.7 Å². The van der Waals surface area contributed by atoms with Gasteiger partial charge in [0.1, 0.15) is 0 Å². The number of hydrogen-bond donors (Lipinski definition) is 1. The zero-order valence-electron chi connectivity index (χ0n) is 18.0. The van der Waals surface area contributed by atoms with Crippen molar-refractivity contribution in [2.45, 2.75) is 37.6 Å². The maximum absolute atomic E-state index is 12.9. The Labute approximate surface area is 180 Å². The van der Waals surface area contributed by atoms with Crippen LogP contribution in [0.4, 0.5) is 5.69 Å². The van der Waals surface area contributed by atoms with Crippen molar-refractivity contribution in [1.82, 2.24) is 10.2 Å². The number of nitrogens with one attached hydrogen (secondary N) is 1. The number of Topliss-reactive ketones (excluding diaryl/α,β-unsaturated/α-hetero) is 1. The number of likely N-dealkylation sites (N-methyl/N-ethyl adjacent to an activating group) is 1. The molecular weight excluding hydrogens is 370 g/mol. The van der Waals surface area contributed by atoms with E-state index in [1.807, 2.05) is 12.1 Å². The molecule has 2 aromatic rings. The van der Waals surface area contributed by atoms with Gasteiger partial charge in [0, 0.05) is 55.8 Å². The van der Waals surface area contributed by atoms with E-state index in [1.54, 1.807) is 0 Å². The Morgan fingerprint density at radius 1 is 1.03 bits per heavy atom. The molecule has 2 saturated carbocycles. The number of carbonyl (C=O) groups excluding carboxylic acids is 1. The van der Waals surface area contributed by atoms with Crippen LogP contribution >= 0.6 is 0 Å². The minimum absolute atomic E-state index is 0.203. The van der Waals surface area contributed by atoms with E-state index in [0.29, 0.717) is 18.4 Å². The molecule has 1 aliphatic heterocycles. The van der Waals surface area contributed by atoms with Gasteiger partial charge in [0.05, 0.1) is 0 Å². The van der Waals surface area contributed by atoms with Gasteiger partial charge in [0.15, 0.2) is 5.78 Å². The predicted octanol–water partition coefficient (Wildman–Crippen LogP) is 3.72. The van der Waals surface area contributed by atoms with E-state index in [0.717, 1.165) is 43.2 Å². The molecular formula is C26H33N3O. The number of hydrogen-bond acceptors (Lipinski definition) is 4. The fourth-order valence-corrected chi connectivity index (χ4v) is 4.54. The van der Waals surface area contributed by atoms with E-state index >= 15 is 0 Å². The maximum Gasteiger partial charge on any atom is 0.167 e. The van der Waals surface area contributed by atoms with Crippen molar-refractivity contribution >= 4 is 11.5 Å². The van der Waals surface area contributed by atoms with Gasteiger partial charge in [-0.2, -0.15) is 0 Å². The SMILES string of the molecule is CN1CCN(c2cccc(C(=O)Cc3ccc(C4CC4NCC4CC4)cc3)c2)CC1. The lowest BCUT2D eigenvalue weighted by molar-refractivity contribution is 0.0993. The first-order valence-corrected chi connectivity index (χ1v) is 11.5. The smallest absolute Gasteiger partial charge is 0.167 e. The summed E-state index contributed by atoms with van der Waals surface area (Å²) >= 11 is 0. The Morgan fingerprint density at radius 3 is 2.53 bits per heavy atom. The van der Waals surface area contributed by atoms with Gasteiger partial charge in [-0.15, -0.1) is 0 Å². The number of piperazine rings is 1. The Balaban J connectivity index is 1.17. The van der Waals surface area contributed by atoms with Crippen molar-refractivity contribution in [2.24, 2.45) is 5.92 Å². The standard InChI is InChI=1S/C26H33N3O/c1-28-11-13-29(14-12-28)23-4-2-3-22(16-23)26(30)15-19-7-9-21(10-8-19)24-17-25(24)27-18-20-5-6-20/h2-4,7-10,16,20,24-25,27H,5-6,11-15,17-18H2,1H3. The topological polar surface area (TPSA) is 35.6 Å². The van der Waals surface area contributed by atoms with Gasteiger partial charge in [-0.3, -0.25) is 4.79 Å². The fourth-order valence-electron chi connectivity index (χ4n) is 4.54. The van der Waals surface area contributed by atoms with Gasteiger partial charge in [-0.25, -0.2) is 0 Å². The first kappa shape index (κ1) is 19.8. The number of anilines is 1. The lowest BCUT2D eigenvalue weighted by Crippen LogP contribution is -2.44. The van der Waals surface area contributed by atoms with Crippen molar-refractivity contribution in [1.29, 1.82) is 0 Å². The molecule has 158 valence electrons. The van der Waals surface area contributed by atoms with Gasteiger partial charge in [-0.05, 0) is 62.0 Å². The van der Waals surface area contributed by atoms with Crippen LogP contribution in [0.5, 0.6) is 0 Å². The average molecular weight is 404 g/mol. The molecule has 3 aliphatic rings. The maximum atomic E-state index is 12.9. The lowest BCUT2D eigenvalue weighted by Gasteiger charge is -2.34. The van der Waals surface area contributed by atoms with Crippen molar-refractivity contribution < 1.29 is 4.79 Å². The third-order valence-corrected chi connectivity index (χ3v) is 6.97. The van der Waals surface area contributed by atoms with Crippen molar-refractivity contribution in [3.05, 3.63) is 65.2 Å². The number of ketones is 1. The molecule has 2 atom stereocenters. The van der Waals surface area contributed by atoms with Crippen LogP contribution in [-0.4, -0.2) is 56.5 Å². The van der Waals surface area contributed by atoms with Crippen LogP contribution in [0.15, 0.2) is 48.5 Å². The summed E-state index contributed by atoms with van der Waals surface area (Å²) in [4.78, 5) is 17.6. The molecule has 5 rings (SSSR count). The zero-order valence-corrected chi connectivity index (χ0v) is 18.0. The zero-order chi connectivity index (χ0) is 20.5. The summed E-state index contributed by atoms with van der Waals surface area (Å²) in [6, 6.07) is 17.6. The molecule has 0 amide bonds. The molecule has 0 radical (unpaired) electrons. The molecule has 4 heteroatoms. The Bertz CT molecular complexity index is 881. The second-order valence-electron chi connectivity index (χ2n) is 9.48. The highest BCUT2D eigenvalue weighted by Crippen LogP contribution is 2.41. The summed E-state index contributed by atoms with van der Waals surface area (Å²) in [6.45, 7) is 5.38. The fraction of sp³-hybridized carbons (Fsp3) is 0.500. The summed E-state index contributed by atoms with van der Waals surface area (Å²) < 4.78 is 0. The summed E-state index contributed by atoms with van der Waals surface area (Å²) in [5.74, 6) is 1.80. The van der Waals surface area contributed by atoms with Gasteiger partial charge < -0.3 is 15.1 Å². The molecule has 2 aliphatic carbocycles. The summed E-state index contributed by atoms with van der Waals surface area (Å²) in [6.07, 6.45) is 4.54. The van der Waals surface area contributed by atoms with Crippen molar-refractivity contribution in [3.63, 3.8) is 0 Å². The van der Waals surface area contributed by atoms with Crippen LogP contribution in [0.25, 0.3) is 0 Å². The molecule has 30 heavy (non-hydrogen) atoms. The predicted molar refractivity (Wildman–Crippen MR) is 123 cm³/mol. The second-order valence-corrected chi connectivity index (χ2v) is 9.48. The molecule has 4 nitrogen and oxygen atoms in total. The highest BCUT2D eigenvalue weighted by Gasteiger charge is 2.38. The van der Waals surface area contributed by atoms with Crippen LogP contribution in [0.2, 0.25) is 0 Å². The summed E-state index contributed by atoms with van der Waals surface area (Å²) in [5, 5.41) is 3.71. The average Bonchev–Trinajstić information content (AvgIpc) is 3.68. The molecule has 0 bridgehead atoms. The van der Waals surface area contributed by atoms with Gasteiger partial charge in [0.2, 0.25) is 0 Å². The molecule has 1 N–H and O–H groups in total. The normalized spacial score (nSPS) is 24.1. The molecule has 2 aromatic carbocycles. The van der Waals surface area contributed by atoms with Gasteiger partial charge in [-0.1, -0.05) is 36.4 Å². The Morgan fingerprint density at radius 2 is 1.80 bits per heavy atom. The minimum atomic E-state index is 0.203. The lowest BCUT2D eigenvalue weighted by atomic mass is 10.00. The van der Waals surface area contributed by atoms with Crippen molar-refractivity contribution in [2.75, 3.05) is 44.7 Å². The molecule has 2 unspecified atom stereocenters. The van der Waals surface area contributed by atoms with E-state index in [4.69, 9.17) is 0 Å². The van der Waals surface area contributed by atoms with Crippen LogP contribution in [-0.2, 0) is 6.42 Å². The van der Waals surface area contributed by atoms with Gasteiger partial charge >= 0.3 is 0 Å². The van der Waals surface area contributed by atoms with E-state index in [2.05, 4.69) is 58.6 Å². The molecule has 3 fully saturated rings. The van der Waals surface area contributed by atoms with Crippen molar-refractivity contribution in [3.8, 4) is 0 Å². The quantitative estimate of drug-likeness (QED) is 0.682. The van der Waals surface area contributed by atoms with E-state index in [1.165, 1.54) is 37.1 Å². The second kappa shape index (κ2) is 8.52. The number of rotatable bonds is 8. The minimum Gasteiger partial charge on any atom is -0.369 e. The monoisotopic (exact) mass is 403 g/mol. The molecule has 1 saturated heterocycles. The van der Waals surface area contributed by atoms with E-state index < -0.39 is 0 Å². The van der Waals surface area contributed by atoms with Crippen LogP contribution in [0.3, 0.4) is 0 Å². The molecule has 1 heterocycles. The third kappa shape index (κ3) is 4.76. The highest BCUT2D eigenvalue weighted by molar-refractivity contribution is 5.98. The highest BCUT2D eigenvalue weighted by atomic mass is 16.1. The molecule has 0 aromatic heterocycles. The Kier molecular flexibility index (Phi) is 5.62. The van der Waals surface area contributed by atoms with Crippen LogP contribution in [0, 0.1) is 5.92 Å². The first-order valence-electron chi connectivity index (χ1n) is 11.5. The van der Waals surface area contributed by atoms with Crippen LogP contribution < -0.4 is 10.2 Å².